The molecule has 0 aliphatic carbocycles. The van der Waals surface area contributed by atoms with E-state index in [0.717, 1.165) is 27.6 Å². The van der Waals surface area contributed by atoms with Gasteiger partial charge < -0.3 is 0 Å². The van der Waals surface area contributed by atoms with Gasteiger partial charge in [0.25, 0.3) is 11.8 Å². The lowest BCUT2D eigenvalue weighted by atomic mass is 10.0. The van der Waals surface area contributed by atoms with Crippen LogP contribution in [0.25, 0.3) is 10.9 Å². The lowest BCUT2D eigenvalue weighted by molar-refractivity contribution is 0.0846. The highest BCUT2D eigenvalue weighted by atomic mass is 35.5. The number of hydrogen-bond acceptors (Lipinski definition) is 3. The average molecular weight is 468 g/mol. The van der Waals surface area contributed by atoms with Gasteiger partial charge in [0, 0.05) is 28.3 Å². The highest BCUT2D eigenvalue weighted by Gasteiger charge is 2.16. The number of nitrogens with zero attached hydrogens (tertiary/aromatic N) is 1. The molecule has 0 radical (unpaired) electrons. The first-order valence-corrected chi connectivity index (χ1v) is 11.2. The number of rotatable bonds is 3. The van der Waals surface area contributed by atoms with E-state index in [4.69, 9.17) is 11.6 Å². The number of benzene rings is 3. The highest BCUT2D eigenvalue weighted by molar-refractivity contribution is 6.34. The molecule has 0 bridgehead atoms. The van der Waals surface area contributed by atoms with Gasteiger partial charge >= 0.3 is 0 Å². The molecule has 2 N–H and O–H groups in total. The normalized spacial score (nSPS) is 10.3. The van der Waals surface area contributed by atoms with Crippen LogP contribution in [0.3, 0.4) is 0 Å². The van der Waals surface area contributed by atoms with E-state index in [-0.39, 0.29) is 0 Å². The second-order valence-electron chi connectivity index (χ2n) is 7.73. The van der Waals surface area contributed by atoms with Gasteiger partial charge in [-0.15, -0.1) is 0 Å². The molecule has 5 nitrogen and oxygen atoms in total. The van der Waals surface area contributed by atoms with Crippen LogP contribution in [0.4, 0.5) is 0 Å². The van der Waals surface area contributed by atoms with E-state index in [2.05, 4.69) is 27.7 Å². The first kappa shape index (κ1) is 23.0. The Hall–Kier alpha value is -4.14. The number of pyridine rings is 1. The number of para-hydroxylation sites is 1. The summed E-state index contributed by atoms with van der Waals surface area (Å²) in [6.07, 6.45) is 2.38. The number of aromatic nitrogens is 1. The summed E-state index contributed by atoms with van der Waals surface area (Å²) in [6.45, 7) is 3.86. The van der Waals surface area contributed by atoms with Crippen molar-refractivity contribution >= 4 is 34.3 Å². The molecular weight excluding hydrogens is 446 g/mol. The molecule has 0 aliphatic rings. The van der Waals surface area contributed by atoms with E-state index in [1.807, 2.05) is 56.3 Å². The van der Waals surface area contributed by atoms with Crippen LogP contribution in [-0.2, 0) is 6.42 Å². The molecule has 0 atom stereocenters. The fraction of sp³-hybridized carbons (Fsp3) is 0.107. The second-order valence-corrected chi connectivity index (χ2v) is 8.14. The van der Waals surface area contributed by atoms with E-state index >= 15 is 0 Å². The second kappa shape index (κ2) is 10.2. The minimum absolute atomic E-state index is 0.335. The molecule has 34 heavy (non-hydrogen) atoms. The molecule has 0 saturated carbocycles. The number of carbonyl (C=O) groups excluding carboxylic acids is 2. The zero-order valence-electron chi connectivity index (χ0n) is 18.8. The summed E-state index contributed by atoms with van der Waals surface area (Å²) in [5.41, 5.74) is 9.79. The fourth-order valence-electron chi connectivity index (χ4n) is 3.54. The summed E-state index contributed by atoms with van der Waals surface area (Å²) in [5, 5.41) is 1.35. The van der Waals surface area contributed by atoms with E-state index in [9.17, 15) is 9.59 Å². The number of halogens is 1. The molecule has 0 spiro atoms. The molecule has 168 valence electrons. The van der Waals surface area contributed by atoms with E-state index in [0.29, 0.717) is 28.1 Å². The molecular formula is C28H22ClN3O2. The number of aryl methyl sites for hydroxylation is 2. The van der Waals surface area contributed by atoms with Gasteiger partial charge in [0.15, 0.2) is 0 Å². The van der Waals surface area contributed by atoms with Crippen LogP contribution >= 0.6 is 11.6 Å². The van der Waals surface area contributed by atoms with Gasteiger partial charge in [0.05, 0.1) is 16.1 Å². The maximum absolute atomic E-state index is 12.7. The van der Waals surface area contributed by atoms with Crippen LogP contribution in [0.2, 0.25) is 5.02 Å². The van der Waals surface area contributed by atoms with Crippen LogP contribution in [0, 0.1) is 18.8 Å². The zero-order chi connectivity index (χ0) is 24.1. The van der Waals surface area contributed by atoms with E-state index in [1.54, 1.807) is 30.5 Å². The van der Waals surface area contributed by atoms with Gasteiger partial charge in [-0.2, -0.15) is 0 Å². The molecule has 0 saturated heterocycles. The molecule has 1 aromatic heterocycles. The minimum atomic E-state index is -0.466. The van der Waals surface area contributed by atoms with Crippen molar-refractivity contribution in [2.75, 3.05) is 0 Å². The molecule has 0 aliphatic heterocycles. The van der Waals surface area contributed by atoms with Crippen LogP contribution in [0.5, 0.6) is 0 Å². The van der Waals surface area contributed by atoms with Crippen LogP contribution in [0.1, 0.15) is 49.9 Å². The monoisotopic (exact) mass is 467 g/mol. The molecule has 1 heterocycles. The molecule has 0 fully saturated rings. The summed E-state index contributed by atoms with van der Waals surface area (Å²) >= 11 is 6.20. The van der Waals surface area contributed by atoms with Gasteiger partial charge in [0.1, 0.15) is 0 Å². The van der Waals surface area contributed by atoms with Gasteiger partial charge in [-0.1, -0.05) is 66.8 Å². The van der Waals surface area contributed by atoms with Crippen molar-refractivity contribution in [3.8, 4) is 11.8 Å². The largest absolute Gasteiger partial charge is 0.271 e. The Morgan fingerprint density at radius 1 is 0.941 bits per heavy atom. The van der Waals surface area contributed by atoms with Gasteiger partial charge in [-0.3, -0.25) is 25.4 Å². The molecule has 4 aromatic rings. The minimum Gasteiger partial charge on any atom is -0.267 e. The Morgan fingerprint density at radius 3 is 2.56 bits per heavy atom. The maximum atomic E-state index is 12.7. The van der Waals surface area contributed by atoms with Crippen molar-refractivity contribution in [3.05, 3.63) is 111 Å². The van der Waals surface area contributed by atoms with Crippen molar-refractivity contribution in [1.82, 2.24) is 15.8 Å². The quantitative estimate of drug-likeness (QED) is 0.320. The van der Waals surface area contributed by atoms with Crippen LogP contribution in [-0.4, -0.2) is 16.8 Å². The van der Waals surface area contributed by atoms with Gasteiger partial charge in [-0.25, -0.2) is 0 Å². The number of nitrogens with one attached hydrogen (secondary N) is 2. The third-order valence-electron chi connectivity index (χ3n) is 5.43. The van der Waals surface area contributed by atoms with Crippen molar-refractivity contribution in [3.63, 3.8) is 0 Å². The predicted molar refractivity (Wildman–Crippen MR) is 135 cm³/mol. The summed E-state index contributed by atoms with van der Waals surface area (Å²) in [5.74, 6) is 5.33. The summed E-state index contributed by atoms with van der Waals surface area (Å²) in [7, 11) is 0. The Balaban J connectivity index is 1.50. The Kier molecular flexibility index (Phi) is 6.91. The van der Waals surface area contributed by atoms with Crippen molar-refractivity contribution < 1.29 is 9.59 Å². The van der Waals surface area contributed by atoms with E-state index in [1.165, 1.54) is 0 Å². The first-order valence-electron chi connectivity index (χ1n) is 10.8. The molecule has 3 aromatic carbocycles. The Bertz CT molecular complexity index is 1470. The fourth-order valence-corrected chi connectivity index (χ4v) is 3.82. The third-order valence-corrected chi connectivity index (χ3v) is 5.74. The number of hydrazine groups is 1. The van der Waals surface area contributed by atoms with Crippen LogP contribution in [0.15, 0.2) is 72.9 Å². The van der Waals surface area contributed by atoms with Gasteiger partial charge in [0.2, 0.25) is 0 Å². The first-order chi connectivity index (χ1) is 16.5. The SMILES string of the molecule is CCc1cccc(Cl)c1C(=O)NNC(=O)c1ccc(C)c(C#Cc2cnc3ccccc3c2)c1. The maximum Gasteiger partial charge on any atom is 0.271 e. The zero-order valence-corrected chi connectivity index (χ0v) is 19.5. The van der Waals surface area contributed by atoms with Crippen LogP contribution < -0.4 is 10.9 Å². The number of fused-ring (bicyclic) bond motifs is 1. The van der Waals surface area contributed by atoms with Crippen molar-refractivity contribution in [1.29, 1.82) is 0 Å². The van der Waals surface area contributed by atoms with Crippen molar-refractivity contribution in [2.24, 2.45) is 0 Å². The summed E-state index contributed by atoms with van der Waals surface area (Å²) in [6, 6.07) is 20.3. The number of amides is 2. The molecule has 0 unspecified atom stereocenters. The molecule has 4 rings (SSSR count). The molecule has 2 amide bonds. The average Bonchev–Trinajstić information content (AvgIpc) is 2.86. The summed E-state index contributed by atoms with van der Waals surface area (Å²) < 4.78 is 0. The smallest absolute Gasteiger partial charge is 0.267 e. The number of hydrogen-bond donors (Lipinski definition) is 2. The lowest BCUT2D eigenvalue weighted by Crippen LogP contribution is -2.42. The van der Waals surface area contributed by atoms with E-state index < -0.39 is 11.8 Å². The summed E-state index contributed by atoms with van der Waals surface area (Å²) in [4.78, 5) is 29.7. The highest BCUT2D eigenvalue weighted by Crippen LogP contribution is 2.20. The number of carbonyl (C=O) groups is 2. The van der Waals surface area contributed by atoms with Crippen molar-refractivity contribution in [2.45, 2.75) is 20.3 Å². The predicted octanol–water partition coefficient (Wildman–Crippen LogP) is 5.23. The third kappa shape index (κ3) is 5.09. The lowest BCUT2D eigenvalue weighted by Gasteiger charge is -2.12. The topological polar surface area (TPSA) is 71.1 Å². The molecule has 6 heteroatoms. The Morgan fingerprint density at radius 2 is 1.74 bits per heavy atom. The Labute approximate surface area is 203 Å². The standard InChI is InChI=1S/C28H22ClN3O2/c1-3-20-8-6-9-24(29)26(20)28(34)32-31-27(33)23-13-11-18(2)21(16-23)14-12-19-15-22-7-4-5-10-25(22)30-17-19/h4-11,13,15-17H,3H2,1-2H3,(H,31,33)(H,32,34). The van der Waals surface area contributed by atoms with Gasteiger partial charge in [-0.05, 0) is 54.8 Å².